The highest BCUT2D eigenvalue weighted by Gasteiger charge is 2.12. The van der Waals surface area contributed by atoms with Crippen LogP contribution in [0.3, 0.4) is 0 Å². The van der Waals surface area contributed by atoms with E-state index < -0.39 is 0 Å². The minimum Gasteiger partial charge on any atom is -0.493 e. The number of hydroxylamine groups is 1. The molecule has 0 aliphatic rings. The number of ether oxygens (including phenoxy) is 2. The molecular formula is C25H35NO3. The first kappa shape index (κ1) is 22.8. The van der Waals surface area contributed by atoms with Crippen molar-refractivity contribution in [1.82, 2.24) is 0 Å². The number of methoxy groups -OCH3 is 2. The monoisotopic (exact) mass is 397 g/mol. The molecule has 0 fully saturated rings. The maximum absolute atomic E-state index is 5.65. The summed E-state index contributed by atoms with van der Waals surface area (Å²) in [5.41, 5.74) is 6.25. The number of rotatable bonds is 11. The lowest BCUT2D eigenvalue weighted by Crippen LogP contribution is -2.24. The molecule has 0 amide bonds. The maximum Gasteiger partial charge on any atom is 0.160 e. The van der Waals surface area contributed by atoms with Crippen LogP contribution in [0.2, 0.25) is 0 Å². The lowest BCUT2D eigenvalue weighted by atomic mass is 10.0. The number of anilines is 1. The molecule has 29 heavy (non-hydrogen) atoms. The van der Waals surface area contributed by atoms with Gasteiger partial charge in [-0.1, -0.05) is 35.9 Å². The van der Waals surface area contributed by atoms with Gasteiger partial charge in [-0.25, -0.2) is 0 Å². The largest absolute Gasteiger partial charge is 0.493 e. The fourth-order valence-corrected chi connectivity index (χ4v) is 3.73. The van der Waals surface area contributed by atoms with Crippen LogP contribution >= 0.6 is 0 Å². The van der Waals surface area contributed by atoms with E-state index >= 15 is 0 Å². The maximum atomic E-state index is 5.65. The third-order valence-electron chi connectivity index (χ3n) is 5.05. The van der Waals surface area contributed by atoms with Gasteiger partial charge in [0.1, 0.15) is 0 Å². The standard InChI is InChI=1S/C25H35NO3/c1-19-16-20(2)25(21(3)17-19)26(29-6)15-11-9-7-8-10-12-22-13-14-23(27-4)24(18-22)28-5/h7-8,13-14,16-18H,9-12,15H2,1-6H3/b8-7+. The van der Waals surface area contributed by atoms with Gasteiger partial charge in [0.2, 0.25) is 0 Å². The summed E-state index contributed by atoms with van der Waals surface area (Å²) in [7, 11) is 5.08. The second-order valence-electron chi connectivity index (χ2n) is 7.37. The number of allylic oxidation sites excluding steroid dienone is 2. The highest BCUT2D eigenvalue weighted by molar-refractivity contribution is 5.58. The Bertz CT molecular complexity index is 791. The summed E-state index contributed by atoms with van der Waals surface area (Å²) >= 11 is 0. The third kappa shape index (κ3) is 6.53. The van der Waals surface area contributed by atoms with Gasteiger partial charge >= 0.3 is 0 Å². The van der Waals surface area contributed by atoms with Crippen LogP contribution in [0.25, 0.3) is 0 Å². The van der Waals surface area contributed by atoms with E-state index in [0.717, 1.165) is 43.7 Å². The fourth-order valence-electron chi connectivity index (χ4n) is 3.73. The third-order valence-corrected chi connectivity index (χ3v) is 5.05. The molecule has 0 atom stereocenters. The highest BCUT2D eigenvalue weighted by Crippen LogP contribution is 2.28. The van der Waals surface area contributed by atoms with Crippen molar-refractivity contribution in [1.29, 1.82) is 0 Å². The predicted molar refractivity (Wildman–Crippen MR) is 121 cm³/mol. The lowest BCUT2D eigenvalue weighted by molar-refractivity contribution is 0.165. The molecule has 0 aliphatic heterocycles. The van der Waals surface area contributed by atoms with E-state index in [1.165, 1.54) is 27.9 Å². The van der Waals surface area contributed by atoms with Crippen molar-refractivity contribution >= 4 is 5.69 Å². The van der Waals surface area contributed by atoms with E-state index in [4.69, 9.17) is 14.3 Å². The first-order chi connectivity index (χ1) is 14.0. The summed E-state index contributed by atoms with van der Waals surface area (Å²) in [5.74, 6) is 1.56. The Balaban J connectivity index is 1.79. The van der Waals surface area contributed by atoms with E-state index in [9.17, 15) is 0 Å². The molecule has 4 heteroatoms. The molecule has 0 heterocycles. The zero-order chi connectivity index (χ0) is 21.2. The summed E-state index contributed by atoms with van der Waals surface area (Å²) in [6.07, 6.45) is 8.62. The molecule has 4 nitrogen and oxygen atoms in total. The van der Waals surface area contributed by atoms with E-state index in [2.05, 4.69) is 57.2 Å². The summed E-state index contributed by atoms with van der Waals surface area (Å²) in [4.78, 5) is 5.65. The van der Waals surface area contributed by atoms with E-state index in [1.807, 2.05) is 11.1 Å². The average molecular weight is 398 g/mol. The molecule has 158 valence electrons. The molecule has 0 saturated heterocycles. The Kier molecular flexibility index (Phi) is 9.07. The van der Waals surface area contributed by atoms with Crippen molar-refractivity contribution in [3.8, 4) is 11.5 Å². The van der Waals surface area contributed by atoms with Crippen molar-refractivity contribution in [2.24, 2.45) is 0 Å². The number of unbranched alkanes of at least 4 members (excludes halogenated alkanes) is 1. The number of benzene rings is 2. The van der Waals surface area contributed by atoms with Gasteiger partial charge in [-0.05, 0) is 75.3 Å². The Hall–Kier alpha value is -2.46. The molecule has 0 unspecified atom stereocenters. The molecule has 0 bridgehead atoms. The van der Waals surface area contributed by atoms with E-state index in [0.29, 0.717) is 0 Å². The van der Waals surface area contributed by atoms with Crippen LogP contribution in [-0.4, -0.2) is 27.9 Å². The van der Waals surface area contributed by atoms with Crippen molar-refractivity contribution in [3.05, 3.63) is 64.7 Å². The zero-order valence-electron chi connectivity index (χ0n) is 18.7. The van der Waals surface area contributed by atoms with Crippen LogP contribution in [0.4, 0.5) is 5.69 Å². The fraction of sp³-hybridized carbons (Fsp3) is 0.440. The Morgan fingerprint density at radius 2 is 1.48 bits per heavy atom. The Labute approximate surface area is 176 Å². The number of hydrogen-bond donors (Lipinski definition) is 0. The van der Waals surface area contributed by atoms with Crippen molar-refractivity contribution in [3.63, 3.8) is 0 Å². The van der Waals surface area contributed by atoms with Gasteiger partial charge < -0.3 is 9.47 Å². The predicted octanol–water partition coefficient (Wildman–Crippen LogP) is 5.97. The van der Waals surface area contributed by atoms with Gasteiger partial charge in [-0.3, -0.25) is 9.90 Å². The first-order valence-corrected chi connectivity index (χ1v) is 10.3. The smallest absolute Gasteiger partial charge is 0.160 e. The van der Waals surface area contributed by atoms with E-state index in [1.54, 1.807) is 21.3 Å². The van der Waals surface area contributed by atoms with Crippen LogP contribution in [0, 0.1) is 20.8 Å². The second-order valence-corrected chi connectivity index (χ2v) is 7.37. The second kappa shape index (κ2) is 11.5. The zero-order valence-corrected chi connectivity index (χ0v) is 18.7. The van der Waals surface area contributed by atoms with Gasteiger partial charge in [0.05, 0.1) is 27.0 Å². The Morgan fingerprint density at radius 3 is 2.10 bits per heavy atom. The number of aryl methyl sites for hydroxylation is 4. The van der Waals surface area contributed by atoms with Crippen molar-refractivity contribution in [2.75, 3.05) is 32.9 Å². The summed E-state index contributed by atoms with van der Waals surface area (Å²) in [6.45, 7) is 7.31. The molecule has 0 N–H and O–H groups in total. The number of hydrogen-bond acceptors (Lipinski definition) is 4. The highest BCUT2D eigenvalue weighted by atomic mass is 16.7. The van der Waals surface area contributed by atoms with Gasteiger partial charge in [0.15, 0.2) is 11.5 Å². The molecule has 0 aliphatic carbocycles. The molecule has 2 aromatic carbocycles. The van der Waals surface area contributed by atoms with Gasteiger partial charge in [0.25, 0.3) is 0 Å². The van der Waals surface area contributed by atoms with Crippen LogP contribution < -0.4 is 14.5 Å². The minimum atomic E-state index is 0.772. The first-order valence-electron chi connectivity index (χ1n) is 10.3. The molecule has 2 aromatic rings. The lowest BCUT2D eigenvalue weighted by Gasteiger charge is -2.25. The Morgan fingerprint density at radius 1 is 0.828 bits per heavy atom. The summed E-state index contributed by atoms with van der Waals surface area (Å²) in [6, 6.07) is 10.5. The van der Waals surface area contributed by atoms with Gasteiger partial charge in [-0.2, -0.15) is 0 Å². The molecule has 0 radical (unpaired) electrons. The van der Waals surface area contributed by atoms with Crippen LogP contribution in [0.5, 0.6) is 11.5 Å². The topological polar surface area (TPSA) is 30.9 Å². The van der Waals surface area contributed by atoms with Gasteiger partial charge in [0, 0.05) is 6.54 Å². The SMILES string of the molecule is COc1ccc(CC/C=C/CCCN(OC)c2c(C)cc(C)cc2C)cc1OC. The quantitative estimate of drug-likeness (QED) is 0.266. The number of nitrogens with zero attached hydrogens (tertiary/aromatic N) is 1. The van der Waals surface area contributed by atoms with Gasteiger partial charge in [-0.15, -0.1) is 0 Å². The molecule has 0 saturated carbocycles. The van der Waals surface area contributed by atoms with Crippen LogP contribution in [-0.2, 0) is 11.3 Å². The molecular weight excluding hydrogens is 362 g/mol. The molecule has 2 rings (SSSR count). The minimum absolute atomic E-state index is 0.772. The van der Waals surface area contributed by atoms with E-state index in [-0.39, 0.29) is 0 Å². The molecule has 0 aromatic heterocycles. The summed E-state index contributed by atoms with van der Waals surface area (Å²) in [5, 5.41) is 2.02. The average Bonchev–Trinajstić information content (AvgIpc) is 2.70. The normalized spacial score (nSPS) is 11.1. The van der Waals surface area contributed by atoms with Crippen molar-refractivity contribution < 1.29 is 14.3 Å². The van der Waals surface area contributed by atoms with Crippen molar-refractivity contribution in [2.45, 2.75) is 46.5 Å². The van der Waals surface area contributed by atoms with Crippen LogP contribution in [0.15, 0.2) is 42.5 Å². The summed E-state index contributed by atoms with van der Waals surface area (Å²) < 4.78 is 10.7. The molecule has 0 spiro atoms. The van der Waals surface area contributed by atoms with Crippen LogP contribution in [0.1, 0.15) is 41.5 Å².